The Balaban J connectivity index is 1.72. The van der Waals surface area contributed by atoms with E-state index in [9.17, 15) is 14.0 Å². The quantitative estimate of drug-likeness (QED) is 0.598. The summed E-state index contributed by atoms with van der Waals surface area (Å²) in [5, 5.41) is 5.33. The highest BCUT2D eigenvalue weighted by atomic mass is 19.1. The lowest BCUT2D eigenvalue weighted by molar-refractivity contribution is -0.120. The third kappa shape index (κ3) is 4.83. The first kappa shape index (κ1) is 21.0. The molecule has 1 aromatic heterocycles. The maximum Gasteiger partial charge on any atom is 0.255 e. The molecule has 0 unspecified atom stereocenters. The van der Waals surface area contributed by atoms with E-state index in [0.29, 0.717) is 23.7 Å². The smallest absolute Gasteiger partial charge is 0.255 e. The third-order valence-electron chi connectivity index (χ3n) is 4.48. The first-order chi connectivity index (χ1) is 14.5. The average molecular weight is 410 g/mol. The van der Waals surface area contributed by atoms with Crippen molar-refractivity contribution in [1.82, 2.24) is 20.2 Å². The van der Waals surface area contributed by atoms with Crippen LogP contribution in [0.5, 0.6) is 5.75 Å². The Morgan fingerprint density at radius 2 is 1.90 bits per heavy atom. The molecule has 1 atom stereocenters. The predicted octanol–water partition coefficient (Wildman–Crippen LogP) is 2.59. The summed E-state index contributed by atoms with van der Waals surface area (Å²) >= 11 is 0. The van der Waals surface area contributed by atoms with Gasteiger partial charge >= 0.3 is 0 Å². The van der Waals surface area contributed by atoms with Gasteiger partial charge < -0.3 is 19.9 Å². The first-order valence-corrected chi connectivity index (χ1v) is 9.52. The van der Waals surface area contributed by atoms with Crippen LogP contribution in [0.4, 0.5) is 4.39 Å². The summed E-state index contributed by atoms with van der Waals surface area (Å²) < 4.78 is 21.5. The second-order valence-electron chi connectivity index (χ2n) is 6.53. The summed E-state index contributed by atoms with van der Waals surface area (Å²) in [5.74, 6) is -0.459. The Morgan fingerprint density at radius 3 is 2.60 bits per heavy atom. The molecule has 30 heavy (non-hydrogen) atoms. The molecule has 0 aliphatic heterocycles. The molecular formula is C22H23FN4O3. The Hall–Kier alpha value is -3.68. The van der Waals surface area contributed by atoms with E-state index < -0.39 is 23.7 Å². The number of aromatic nitrogens is 2. The van der Waals surface area contributed by atoms with Crippen molar-refractivity contribution in [2.75, 3.05) is 13.2 Å². The molecule has 0 saturated heterocycles. The standard InChI is InChI=1S/C22H23FN4O3/c1-3-30-18-11-7-5-9-16(18)22(29)25-14-19(28)26-20(21-24-12-13-27(21)2)15-8-4-6-10-17(15)23/h4-13,20H,3,14H2,1-2H3,(H,25,29)(H,26,28)/t20-/m1/s1. The fourth-order valence-electron chi connectivity index (χ4n) is 3.05. The second kappa shape index (κ2) is 9.69. The van der Waals surface area contributed by atoms with Crippen molar-refractivity contribution in [1.29, 1.82) is 0 Å². The van der Waals surface area contributed by atoms with Gasteiger partial charge in [-0.2, -0.15) is 0 Å². The summed E-state index contributed by atoms with van der Waals surface area (Å²) in [6.07, 6.45) is 3.28. The van der Waals surface area contributed by atoms with Gasteiger partial charge in [0.15, 0.2) is 0 Å². The highest BCUT2D eigenvalue weighted by Gasteiger charge is 2.24. The molecule has 156 valence electrons. The number of imidazole rings is 1. The molecule has 1 heterocycles. The zero-order valence-corrected chi connectivity index (χ0v) is 16.8. The lowest BCUT2D eigenvalue weighted by Crippen LogP contribution is -2.40. The van der Waals surface area contributed by atoms with Crippen LogP contribution < -0.4 is 15.4 Å². The number of benzene rings is 2. The molecule has 0 radical (unpaired) electrons. The highest BCUT2D eigenvalue weighted by Crippen LogP contribution is 2.23. The van der Waals surface area contributed by atoms with Crippen LogP contribution in [0.25, 0.3) is 0 Å². The van der Waals surface area contributed by atoms with Crippen molar-refractivity contribution >= 4 is 11.8 Å². The van der Waals surface area contributed by atoms with Gasteiger partial charge in [0.2, 0.25) is 5.91 Å². The number of carbonyl (C=O) groups excluding carboxylic acids is 2. The average Bonchev–Trinajstić information content (AvgIpc) is 3.17. The molecule has 0 fully saturated rings. The third-order valence-corrected chi connectivity index (χ3v) is 4.48. The van der Waals surface area contributed by atoms with E-state index >= 15 is 0 Å². The van der Waals surface area contributed by atoms with Gasteiger partial charge in [-0.1, -0.05) is 30.3 Å². The van der Waals surface area contributed by atoms with Crippen molar-refractivity contribution < 1.29 is 18.7 Å². The number of hydrogen-bond donors (Lipinski definition) is 2. The van der Waals surface area contributed by atoms with Gasteiger partial charge in [-0.05, 0) is 25.1 Å². The summed E-state index contributed by atoms with van der Waals surface area (Å²) in [6.45, 7) is 1.95. The Labute approximate surface area is 173 Å². The Bertz CT molecular complexity index is 1030. The molecule has 2 aromatic carbocycles. The van der Waals surface area contributed by atoms with E-state index in [4.69, 9.17) is 4.74 Å². The topological polar surface area (TPSA) is 85.2 Å². The number of amides is 2. The second-order valence-corrected chi connectivity index (χ2v) is 6.53. The maximum absolute atomic E-state index is 14.4. The molecule has 0 bridgehead atoms. The van der Waals surface area contributed by atoms with Gasteiger partial charge in [-0.15, -0.1) is 0 Å². The van der Waals surface area contributed by atoms with Crippen LogP contribution in [0.1, 0.15) is 34.7 Å². The van der Waals surface area contributed by atoms with Crippen LogP contribution in [-0.4, -0.2) is 34.5 Å². The van der Waals surface area contributed by atoms with Crippen LogP contribution in [0.3, 0.4) is 0 Å². The van der Waals surface area contributed by atoms with E-state index in [1.54, 1.807) is 66.5 Å². The fraction of sp³-hybridized carbons (Fsp3) is 0.227. The first-order valence-electron chi connectivity index (χ1n) is 9.52. The SMILES string of the molecule is CCOc1ccccc1C(=O)NCC(=O)N[C@H](c1ccccc1F)c1nccn1C. The monoisotopic (exact) mass is 410 g/mol. The molecule has 0 aliphatic carbocycles. The van der Waals surface area contributed by atoms with Gasteiger partial charge in [0.05, 0.1) is 18.7 Å². The zero-order chi connectivity index (χ0) is 21.5. The van der Waals surface area contributed by atoms with Gasteiger partial charge in [0, 0.05) is 25.0 Å². The van der Waals surface area contributed by atoms with Crippen LogP contribution in [-0.2, 0) is 11.8 Å². The molecule has 3 rings (SSSR count). The van der Waals surface area contributed by atoms with Crippen molar-refractivity contribution in [3.05, 3.63) is 83.7 Å². The molecule has 0 aliphatic rings. The number of para-hydroxylation sites is 1. The van der Waals surface area contributed by atoms with Crippen molar-refractivity contribution in [2.45, 2.75) is 13.0 Å². The number of carbonyl (C=O) groups is 2. The van der Waals surface area contributed by atoms with Gasteiger partial charge in [0.25, 0.3) is 5.91 Å². The minimum Gasteiger partial charge on any atom is -0.493 e. The number of aryl methyl sites for hydroxylation is 1. The van der Waals surface area contributed by atoms with E-state index in [-0.39, 0.29) is 12.1 Å². The van der Waals surface area contributed by atoms with Crippen LogP contribution in [0.2, 0.25) is 0 Å². The van der Waals surface area contributed by atoms with E-state index in [0.717, 1.165) is 0 Å². The van der Waals surface area contributed by atoms with Gasteiger partial charge in [-0.25, -0.2) is 9.37 Å². The molecule has 2 amide bonds. The van der Waals surface area contributed by atoms with Crippen molar-refractivity contribution in [2.24, 2.45) is 7.05 Å². The van der Waals surface area contributed by atoms with E-state index in [1.807, 2.05) is 6.92 Å². The molecule has 2 N–H and O–H groups in total. The van der Waals surface area contributed by atoms with Crippen molar-refractivity contribution in [3.63, 3.8) is 0 Å². The highest BCUT2D eigenvalue weighted by molar-refractivity contribution is 5.98. The van der Waals surface area contributed by atoms with Crippen LogP contribution >= 0.6 is 0 Å². The lowest BCUT2D eigenvalue weighted by atomic mass is 10.1. The number of ether oxygens (including phenoxy) is 1. The van der Waals surface area contributed by atoms with Crippen molar-refractivity contribution in [3.8, 4) is 5.75 Å². The summed E-state index contributed by atoms with van der Waals surface area (Å²) in [6, 6.07) is 12.2. The summed E-state index contributed by atoms with van der Waals surface area (Å²) in [5.41, 5.74) is 0.620. The zero-order valence-electron chi connectivity index (χ0n) is 16.8. The van der Waals surface area contributed by atoms with Gasteiger partial charge in [0.1, 0.15) is 23.4 Å². The maximum atomic E-state index is 14.4. The van der Waals surface area contributed by atoms with Crippen LogP contribution in [0, 0.1) is 5.82 Å². The molecular weight excluding hydrogens is 387 g/mol. The normalized spacial score (nSPS) is 11.6. The van der Waals surface area contributed by atoms with Crippen LogP contribution in [0.15, 0.2) is 60.9 Å². The molecule has 0 saturated carbocycles. The Morgan fingerprint density at radius 1 is 1.17 bits per heavy atom. The Kier molecular flexibility index (Phi) is 6.79. The number of nitrogens with one attached hydrogen (secondary N) is 2. The van der Waals surface area contributed by atoms with Gasteiger partial charge in [-0.3, -0.25) is 9.59 Å². The fourth-order valence-corrected chi connectivity index (χ4v) is 3.05. The lowest BCUT2D eigenvalue weighted by Gasteiger charge is -2.20. The minimum absolute atomic E-state index is 0.283. The minimum atomic E-state index is -0.800. The summed E-state index contributed by atoms with van der Waals surface area (Å²) in [4.78, 5) is 29.3. The summed E-state index contributed by atoms with van der Waals surface area (Å²) in [7, 11) is 1.76. The molecule has 7 nitrogen and oxygen atoms in total. The largest absolute Gasteiger partial charge is 0.493 e. The predicted molar refractivity (Wildman–Crippen MR) is 110 cm³/mol. The van der Waals surface area contributed by atoms with E-state index in [2.05, 4.69) is 15.6 Å². The number of hydrogen-bond acceptors (Lipinski definition) is 4. The molecule has 3 aromatic rings. The molecule has 0 spiro atoms. The number of nitrogens with zero attached hydrogens (tertiary/aromatic N) is 2. The van der Waals surface area contributed by atoms with E-state index in [1.165, 1.54) is 6.07 Å². The molecule has 8 heteroatoms. The number of rotatable bonds is 8. The number of halogens is 1.